The molecule has 0 aromatic heterocycles. The van der Waals surface area contributed by atoms with E-state index in [1.54, 1.807) is 61.5 Å². The van der Waals surface area contributed by atoms with Crippen LogP contribution in [0.25, 0.3) is 0 Å². The van der Waals surface area contributed by atoms with Gasteiger partial charge in [0.1, 0.15) is 5.75 Å². The van der Waals surface area contributed by atoms with Gasteiger partial charge in [-0.3, -0.25) is 34.2 Å². The zero-order valence-electron chi connectivity index (χ0n) is 21.5. The Kier molecular flexibility index (Phi) is 6.51. The van der Waals surface area contributed by atoms with Crippen LogP contribution in [0.4, 0.5) is 5.69 Å². The van der Waals surface area contributed by atoms with Crippen LogP contribution in [0.2, 0.25) is 0 Å². The van der Waals surface area contributed by atoms with Gasteiger partial charge in [0.05, 0.1) is 28.7 Å². The average molecular weight is 526 g/mol. The smallest absolute Gasteiger partial charge is 0.261 e. The lowest BCUT2D eigenvalue weighted by molar-refractivity contribution is -0.138. The van der Waals surface area contributed by atoms with Crippen molar-refractivity contribution in [1.29, 1.82) is 0 Å². The molecule has 9 nitrogen and oxygen atoms in total. The maximum Gasteiger partial charge on any atom is 0.261 e. The van der Waals surface area contributed by atoms with Crippen molar-refractivity contribution in [2.24, 2.45) is 0 Å². The first-order valence-electron chi connectivity index (χ1n) is 12.7. The minimum atomic E-state index is -0.815. The van der Waals surface area contributed by atoms with Crippen LogP contribution in [-0.4, -0.2) is 39.5 Å². The van der Waals surface area contributed by atoms with Gasteiger partial charge in [-0.15, -0.1) is 0 Å². The quantitative estimate of drug-likeness (QED) is 0.419. The number of amides is 5. The Balaban J connectivity index is 1.35. The number of anilines is 1. The van der Waals surface area contributed by atoms with Crippen molar-refractivity contribution < 1.29 is 29.1 Å². The molecule has 0 saturated carbocycles. The second kappa shape index (κ2) is 9.83. The highest BCUT2D eigenvalue weighted by Gasteiger charge is 2.42. The fourth-order valence-electron chi connectivity index (χ4n) is 5.32. The van der Waals surface area contributed by atoms with Crippen LogP contribution >= 0.6 is 0 Å². The van der Waals surface area contributed by atoms with Crippen molar-refractivity contribution in [3.8, 4) is 5.75 Å². The summed E-state index contributed by atoms with van der Waals surface area (Å²) in [5, 5.41) is 15.8. The molecule has 2 heterocycles. The number of imide groups is 2. The van der Waals surface area contributed by atoms with Crippen LogP contribution in [0.15, 0.2) is 60.7 Å². The molecule has 2 aliphatic rings. The van der Waals surface area contributed by atoms with E-state index in [0.717, 1.165) is 10.5 Å². The largest absolute Gasteiger partial charge is 0.507 e. The van der Waals surface area contributed by atoms with Crippen molar-refractivity contribution >= 4 is 35.2 Å². The number of nitrogens with zero attached hydrogens (tertiary/aromatic N) is 1. The summed E-state index contributed by atoms with van der Waals surface area (Å²) < 4.78 is 0. The maximum atomic E-state index is 13.2. The number of carbonyl (C=O) groups is 5. The number of benzene rings is 3. The number of hydrogen-bond donors (Lipinski definition) is 3. The summed E-state index contributed by atoms with van der Waals surface area (Å²) in [6.07, 6.45) is 1.19. The van der Waals surface area contributed by atoms with Crippen LogP contribution in [-0.2, 0) is 21.5 Å². The minimum absolute atomic E-state index is 0.000819. The summed E-state index contributed by atoms with van der Waals surface area (Å²) in [5.74, 6) is -2.20. The van der Waals surface area contributed by atoms with Gasteiger partial charge < -0.3 is 10.4 Å². The van der Waals surface area contributed by atoms with Crippen LogP contribution in [0.3, 0.4) is 0 Å². The molecule has 39 heavy (non-hydrogen) atoms. The third-order valence-corrected chi connectivity index (χ3v) is 7.59. The highest BCUT2D eigenvalue weighted by atomic mass is 16.3. The second-order valence-electron chi connectivity index (χ2n) is 9.90. The number of rotatable bonds is 6. The molecular weight excluding hydrogens is 498 g/mol. The average Bonchev–Trinajstić information content (AvgIpc) is 3.16. The molecule has 1 atom stereocenters. The molecule has 3 aromatic carbocycles. The lowest BCUT2D eigenvalue weighted by atomic mass is 9.72. The molecule has 3 aromatic rings. The number of phenolic OH excluding ortho intramolecular Hbond substituents is 1. The molecule has 0 aliphatic carbocycles. The first kappa shape index (κ1) is 25.8. The van der Waals surface area contributed by atoms with E-state index in [4.69, 9.17) is 0 Å². The van der Waals surface area contributed by atoms with Gasteiger partial charge in [-0.25, -0.2) is 0 Å². The molecule has 3 N–H and O–H groups in total. The van der Waals surface area contributed by atoms with Gasteiger partial charge in [0.15, 0.2) is 0 Å². The first-order chi connectivity index (χ1) is 18.6. The number of nitrogens with one attached hydrogen (secondary N) is 2. The van der Waals surface area contributed by atoms with Crippen LogP contribution < -0.4 is 10.6 Å². The Labute approximate surface area is 224 Å². The number of hydrogen-bond acceptors (Lipinski definition) is 6. The number of piperidine rings is 1. The molecule has 0 spiro atoms. The highest BCUT2D eigenvalue weighted by Crippen LogP contribution is 2.36. The van der Waals surface area contributed by atoms with Crippen molar-refractivity contribution in [3.63, 3.8) is 0 Å². The zero-order valence-corrected chi connectivity index (χ0v) is 21.5. The van der Waals surface area contributed by atoms with E-state index < -0.39 is 23.1 Å². The summed E-state index contributed by atoms with van der Waals surface area (Å²) in [4.78, 5) is 64.1. The molecule has 198 valence electrons. The van der Waals surface area contributed by atoms with E-state index in [1.165, 1.54) is 6.07 Å². The first-order valence-corrected chi connectivity index (χ1v) is 12.7. The Morgan fingerprint density at radius 3 is 2.23 bits per heavy atom. The number of aryl methyl sites for hydroxylation is 1. The fraction of sp³-hybridized carbons (Fsp3) is 0.233. The molecule has 2 aliphatic heterocycles. The topological polar surface area (TPSA) is 133 Å². The Bertz CT molecular complexity index is 1510. The lowest BCUT2D eigenvalue weighted by Gasteiger charge is -2.35. The van der Waals surface area contributed by atoms with E-state index in [-0.39, 0.29) is 36.1 Å². The summed E-state index contributed by atoms with van der Waals surface area (Å²) in [5.41, 5.74) is 1.99. The monoisotopic (exact) mass is 525 g/mol. The normalized spacial score (nSPS) is 18.7. The van der Waals surface area contributed by atoms with Crippen molar-refractivity contribution in [1.82, 2.24) is 10.2 Å². The van der Waals surface area contributed by atoms with Crippen LogP contribution in [0.1, 0.15) is 74.0 Å². The Morgan fingerprint density at radius 2 is 1.64 bits per heavy atom. The Hall–Kier alpha value is -4.79. The predicted octanol–water partition coefficient (Wildman–Crippen LogP) is 3.83. The molecular formula is C30H27N3O6. The highest BCUT2D eigenvalue weighted by molar-refractivity contribution is 6.21. The van der Waals surface area contributed by atoms with Crippen molar-refractivity contribution in [2.45, 2.75) is 45.1 Å². The zero-order chi connectivity index (χ0) is 27.9. The molecule has 1 unspecified atom stereocenters. The SMILES string of the molecule is CCC1(c2ccc(NC(=O)c3cc(CN4C(=O)c5ccccc5C4=O)cc(C)c3O)cc2)CCC(=O)NC1=O. The van der Waals surface area contributed by atoms with Crippen LogP contribution in [0, 0.1) is 6.92 Å². The maximum absolute atomic E-state index is 13.2. The van der Waals surface area contributed by atoms with Gasteiger partial charge in [-0.2, -0.15) is 0 Å². The van der Waals surface area contributed by atoms with E-state index in [1.807, 2.05) is 6.92 Å². The van der Waals surface area contributed by atoms with E-state index in [0.29, 0.717) is 40.8 Å². The summed E-state index contributed by atoms with van der Waals surface area (Å²) >= 11 is 0. The molecule has 5 amide bonds. The van der Waals surface area contributed by atoms with E-state index in [2.05, 4.69) is 10.6 Å². The van der Waals surface area contributed by atoms with Gasteiger partial charge in [0.2, 0.25) is 11.8 Å². The number of phenols is 1. The standard InChI is InChI=1S/C30H27N3O6/c1-3-30(13-12-24(34)32-29(30)39)19-8-10-20(11-9-19)31-26(36)23-15-18(14-17(2)25(23)35)16-33-27(37)21-6-4-5-7-22(21)28(33)38/h4-11,14-15,35H,3,12-13,16H2,1-2H3,(H,31,36)(H,32,34,39). The molecule has 5 rings (SSSR count). The van der Waals surface area contributed by atoms with Gasteiger partial charge in [0, 0.05) is 12.1 Å². The third-order valence-electron chi connectivity index (χ3n) is 7.59. The second-order valence-corrected chi connectivity index (χ2v) is 9.90. The third kappa shape index (κ3) is 4.46. The van der Waals surface area contributed by atoms with Gasteiger partial charge in [-0.1, -0.05) is 37.3 Å². The van der Waals surface area contributed by atoms with Crippen LogP contribution in [0.5, 0.6) is 5.75 Å². The van der Waals surface area contributed by atoms with Crippen molar-refractivity contribution in [2.75, 3.05) is 5.32 Å². The summed E-state index contributed by atoms with van der Waals surface area (Å²) in [7, 11) is 0. The fourth-order valence-corrected chi connectivity index (χ4v) is 5.32. The number of carbonyl (C=O) groups excluding carboxylic acids is 5. The van der Waals surface area contributed by atoms with Crippen molar-refractivity contribution in [3.05, 3.63) is 94.0 Å². The molecule has 9 heteroatoms. The lowest BCUT2D eigenvalue weighted by Crippen LogP contribution is -2.51. The van der Waals surface area contributed by atoms with Gasteiger partial charge in [0.25, 0.3) is 17.7 Å². The molecule has 1 saturated heterocycles. The molecule has 0 bridgehead atoms. The number of aromatic hydroxyl groups is 1. The van der Waals surface area contributed by atoms with Gasteiger partial charge in [-0.05, 0) is 66.8 Å². The van der Waals surface area contributed by atoms with Gasteiger partial charge >= 0.3 is 0 Å². The molecule has 0 radical (unpaired) electrons. The van der Waals surface area contributed by atoms with E-state index >= 15 is 0 Å². The summed E-state index contributed by atoms with van der Waals surface area (Å²) in [6, 6.07) is 16.5. The van der Waals surface area contributed by atoms with E-state index in [9.17, 15) is 29.1 Å². The predicted molar refractivity (Wildman–Crippen MR) is 142 cm³/mol. The molecule has 1 fully saturated rings. The summed E-state index contributed by atoms with van der Waals surface area (Å²) in [6.45, 7) is 3.48. The Morgan fingerprint density at radius 1 is 1.00 bits per heavy atom. The number of fused-ring (bicyclic) bond motifs is 1. The minimum Gasteiger partial charge on any atom is -0.507 e.